The van der Waals surface area contributed by atoms with Crippen molar-refractivity contribution in [2.45, 2.75) is 13.8 Å². The van der Waals surface area contributed by atoms with Crippen LogP contribution in [0.3, 0.4) is 0 Å². The molecule has 1 heterocycles. The van der Waals surface area contributed by atoms with Crippen molar-refractivity contribution >= 4 is 0 Å². The topological polar surface area (TPSA) is 23.5 Å². The lowest BCUT2D eigenvalue weighted by molar-refractivity contribution is 0.0637. The fraction of sp³-hybridized carbons (Fsp3) is 0.778. The van der Waals surface area contributed by atoms with Crippen molar-refractivity contribution in [1.82, 2.24) is 4.90 Å². The summed E-state index contributed by atoms with van der Waals surface area (Å²) in [5, 5.41) is 8.74. The molecule has 1 aliphatic heterocycles. The second-order valence-corrected chi connectivity index (χ2v) is 3.55. The number of hydrogen-bond acceptors (Lipinski definition) is 2. The number of hydrogen-bond donors (Lipinski definition) is 1. The first-order valence-electron chi connectivity index (χ1n) is 4.19. The molecule has 0 amide bonds. The van der Waals surface area contributed by atoms with Crippen LogP contribution in [0.5, 0.6) is 0 Å². The summed E-state index contributed by atoms with van der Waals surface area (Å²) in [7, 11) is 0. The molecule has 0 spiro atoms. The smallest absolute Gasteiger partial charge is 0.0483 e. The van der Waals surface area contributed by atoms with Crippen LogP contribution < -0.4 is 0 Å². The Balaban J connectivity index is 2.09. The number of aliphatic hydroxyl groups excluding tert-OH is 1. The molecule has 0 aromatic carbocycles. The fourth-order valence-corrected chi connectivity index (χ4v) is 1.25. The van der Waals surface area contributed by atoms with Gasteiger partial charge in [0.1, 0.15) is 0 Å². The van der Waals surface area contributed by atoms with Gasteiger partial charge >= 0.3 is 0 Å². The van der Waals surface area contributed by atoms with Crippen LogP contribution in [-0.4, -0.2) is 36.2 Å². The summed E-state index contributed by atoms with van der Waals surface area (Å²) in [6, 6.07) is 0. The van der Waals surface area contributed by atoms with Crippen LogP contribution in [0, 0.1) is 5.92 Å². The molecule has 0 radical (unpaired) electrons. The minimum Gasteiger partial charge on any atom is -0.396 e. The van der Waals surface area contributed by atoms with E-state index in [1.165, 1.54) is 5.57 Å². The van der Waals surface area contributed by atoms with Gasteiger partial charge in [0.25, 0.3) is 0 Å². The lowest BCUT2D eigenvalue weighted by Gasteiger charge is -2.37. The normalized spacial score (nSPS) is 19.5. The van der Waals surface area contributed by atoms with Crippen LogP contribution in [0.1, 0.15) is 13.8 Å². The van der Waals surface area contributed by atoms with Gasteiger partial charge < -0.3 is 5.11 Å². The van der Waals surface area contributed by atoms with E-state index in [1.54, 1.807) is 0 Å². The summed E-state index contributed by atoms with van der Waals surface area (Å²) in [6.07, 6.45) is 2.23. The van der Waals surface area contributed by atoms with E-state index in [1.807, 2.05) is 0 Å². The SMILES string of the molecule is CC(C)=CCN1CC(CO)C1. The number of nitrogens with zero attached hydrogens (tertiary/aromatic N) is 1. The van der Waals surface area contributed by atoms with Gasteiger partial charge in [-0.2, -0.15) is 0 Å². The number of allylic oxidation sites excluding steroid dienone is 1. The molecule has 64 valence electrons. The zero-order valence-corrected chi connectivity index (χ0v) is 7.38. The van der Waals surface area contributed by atoms with Crippen molar-refractivity contribution < 1.29 is 5.11 Å². The predicted molar refractivity (Wildman–Crippen MR) is 46.4 cm³/mol. The zero-order chi connectivity index (χ0) is 8.27. The summed E-state index contributed by atoms with van der Waals surface area (Å²) in [5.74, 6) is 0.542. The molecule has 0 atom stereocenters. The first kappa shape index (κ1) is 8.75. The van der Waals surface area contributed by atoms with E-state index < -0.39 is 0 Å². The highest BCUT2D eigenvalue weighted by Gasteiger charge is 2.24. The Bertz CT molecular complexity index is 144. The standard InChI is InChI=1S/C9H17NO/c1-8(2)3-4-10-5-9(6-10)7-11/h3,9,11H,4-7H2,1-2H3. The lowest BCUT2D eigenvalue weighted by atomic mass is 10.0. The molecule has 1 saturated heterocycles. The Morgan fingerprint density at radius 1 is 1.55 bits per heavy atom. The van der Waals surface area contributed by atoms with Gasteiger partial charge in [-0.25, -0.2) is 0 Å². The highest BCUT2D eigenvalue weighted by molar-refractivity contribution is 4.96. The Labute approximate surface area is 68.5 Å². The zero-order valence-electron chi connectivity index (χ0n) is 7.38. The second-order valence-electron chi connectivity index (χ2n) is 3.55. The van der Waals surface area contributed by atoms with Gasteiger partial charge in [0.2, 0.25) is 0 Å². The van der Waals surface area contributed by atoms with Crippen molar-refractivity contribution in [3.63, 3.8) is 0 Å². The van der Waals surface area contributed by atoms with Gasteiger partial charge in [0, 0.05) is 32.2 Å². The largest absolute Gasteiger partial charge is 0.396 e. The molecule has 0 aromatic rings. The Morgan fingerprint density at radius 3 is 2.64 bits per heavy atom. The average molecular weight is 155 g/mol. The Hall–Kier alpha value is -0.340. The molecule has 2 nitrogen and oxygen atoms in total. The highest BCUT2D eigenvalue weighted by Crippen LogP contribution is 2.13. The van der Waals surface area contributed by atoms with Crippen LogP contribution >= 0.6 is 0 Å². The fourth-order valence-electron chi connectivity index (χ4n) is 1.25. The van der Waals surface area contributed by atoms with Crippen LogP contribution in [0.15, 0.2) is 11.6 Å². The van der Waals surface area contributed by atoms with Crippen molar-refractivity contribution in [1.29, 1.82) is 0 Å². The molecule has 0 aromatic heterocycles. The maximum Gasteiger partial charge on any atom is 0.0483 e. The Kier molecular flexibility index (Phi) is 3.09. The molecule has 1 rings (SSSR count). The molecule has 1 N–H and O–H groups in total. The molecule has 0 unspecified atom stereocenters. The summed E-state index contributed by atoms with van der Waals surface area (Å²) >= 11 is 0. The molecular formula is C9H17NO. The highest BCUT2D eigenvalue weighted by atomic mass is 16.3. The first-order chi connectivity index (χ1) is 5.22. The van der Waals surface area contributed by atoms with E-state index in [4.69, 9.17) is 5.11 Å². The maximum atomic E-state index is 8.74. The minimum absolute atomic E-state index is 0.353. The van der Waals surface area contributed by atoms with E-state index in [0.29, 0.717) is 12.5 Å². The molecular weight excluding hydrogens is 138 g/mol. The molecule has 1 aliphatic rings. The number of likely N-dealkylation sites (tertiary alicyclic amines) is 1. The average Bonchev–Trinajstić information content (AvgIpc) is 1.84. The maximum absolute atomic E-state index is 8.74. The van der Waals surface area contributed by atoms with Crippen LogP contribution in [-0.2, 0) is 0 Å². The van der Waals surface area contributed by atoms with E-state index >= 15 is 0 Å². The summed E-state index contributed by atoms with van der Waals surface area (Å²) in [5.41, 5.74) is 1.37. The van der Waals surface area contributed by atoms with Gasteiger partial charge in [-0.3, -0.25) is 4.90 Å². The van der Waals surface area contributed by atoms with Gasteiger partial charge in [0.05, 0.1) is 0 Å². The van der Waals surface area contributed by atoms with E-state index in [2.05, 4.69) is 24.8 Å². The summed E-state index contributed by atoms with van der Waals surface area (Å²) < 4.78 is 0. The van der Waals surface area contributed by atoms with Crippen molar-refractivity contribution in [2.75, 3.05) is 26.2 Å². The van der Waals surface area contributed by atoms with Crippen molar-refractivity contribution in [3.05, 3.63) is 11.6 Å². The Morgan fingerprint density at radius 2 is 2.18 bits per heavy atom. The molecule has 0 bridgehead atoms. The van der Waals surface area contributed by atoms with Gasteiger partial charge in [0.15, 0.2) is 0 Å². The molecule has 11 heavy (non-hydrogen) atoms. The first-order valence-corrected chi connectivity index (χ1v) is 4.19. The summed E-state index contributed by atoms with van der Waals surface area (Å²) in [4.78, 5) is 2.34. The quantitative estimate of drug-likeness (QED) is 0.611. The van der Waals surface area contributed by atoms with Crippen LogP contribution in [0.4, 0.5) is 0 Å². The second kappa shape index (κ2) is 3.88. The third kappa shape index (κ3) is 2.64. The van der Waals surface area contributed by atoms with Gasteiger partial charge in [-0.1, -0.05) is 11.6 Å². The van der Waals surface area contributed by atoms with Crippen LogP contribution in [0.25, 0.3) is 0 Å². The van der Waals surface area contributed by atoms with Crippen LogP contribution in [0.2, 0.25) is 0 Å². The predicted octanol–water partition coefficient (Wildman–Crippen LogP) is 0.877. The van der Waals surface area contributed by atoms with Crippen molar-refractivity contribution in [3.8, 4) is 0 Å². The third-order valence-corrected chi connectivity index (χ3v) is 2.05. The van der Waals surface area contributed by atoms with E-state index in [-0.39, 0.29) is 0 Å². The number of aliphatic hydroxyl groups is 1. The van der Waals surface area contributed by atoms with Crippen molar-refractivity contribution in [2.24, 2.45) is 5.92 Å². The molecule has 0 saturated carbocycles. The monoisotopic (exact) mass is 155 g/mol. The molecule has 1 fully saturated rings. The molecule has 2 heteroatoms. The minimum atomic E-state index is 0.353. The number of rotatable bonds is 3. The van der Waals surface area contributed by atoms with Gasteiger partial charge in [-0.05, 0) is 13.8 Å². The summed E-state index contributed by atoms with van der Waals surface area (Å²) in [6.45, 7) is 7.78. The van der Waals surface area contributed by atoms with E-state index in [9.17, 15) is 0 Å². The third-order valence-electron chi connectivity index (χ3n) is 2.05. The lowest BCUT2D eigenvalue weighted by Crippen LogP contribution is -2.48. The molecule has 0 aliphatic carbocycles. The van der Waals surface area contributed by atoms with Gasteiger partial charge in [-0.15, -0.1) is 0 Å². The van der Waals surface area contributed by atoms with E-state index in [0.717, 1.165) is 19.6 Å².